The second-order valence-electron chi connectivity index (χ2n) is 4.71. The van der Waals surface area contributed by atoms with Gasteiger partial charge in [0.15, 0.2) is 0 Å². The van der Waals surface area contributed by atoms with E-state index in [2.05, 4.69) is 5.10 Å². The van der Waals surface area contributed by atoms with E-state index >= 15 is 0 Å². The highest BCUT2D eigenvalue weighted by Gasteiger charge is 2.11. The van der Waals surface area contributed by atoms with Gasteiger partial charge in [-0.05, 0) is 43.2 Å². The molecule has 0 aliphatic rings. The Balaban J connectivity index is 2.59. The zero-order valence-electron chi connectivity index (χ0n) is 12.0. The molecule has 0 aliphatic heterocycles. The summed E-state index contributed by atoms with van der Waals surface area (Å²) in [6.45, 7) is 4.85. The molecule has 0 saturated carbocycles. The van der Waals surface area contributed by atoms with Crippen molar-refractivity contribution in [2.45, 2.75) is 20.4 Å². The highest BCUT2D eigenvalue weighted by Crippen LogP contribution is 2.30. The van der Waals surface area contributed by atoms with Gasteiger partial charge < -0.3 is 10.5 Å². The Morgan fingerprint density at radius 2 is 1.95 bits per heavy atom. The molecule has 1 heterocycles. The predicted molar refractivity (Wildman–Crippen MR) is 79.0 cm³/mol. The molecule has 2 rings (SSSR count). The van der Waals surface area contributed by atoms with Crippen LogP contribution in [0.5, 0.6) is 5.75 Å². The molecular weight excluding hydrogens is 254 g/mol. The first-order valence-electron chi connectivity index (χ1n) is 6.50. The molecule has 0 atom stereocenters. The van der Waals surface area contributed by atoms with Crippen molar-refractivity contribution in [1.82, 2.24) is 9.78 Å². The van der Waals surface area contributed by atoms with E-state index in [1.54, 1.807) is 13.2 Å². The number of aromatic nitrogens is 2. The van der Waals surface area contributed by atoms with Crippen molar-refractivity contribution in [3.63, 3.8) is 0 Å². The van der Waals surface area contributed by atoms with E-state index in [1.807, 2.05) is 26.0 Å². The Labute approximate surface area is 118 Å². The number of benzene rings is 1. The van der Waals surface area contributed by atoms with Gasteiger partial charge in [0.05, 0.1) is 19.3 Å². The average Bonchev–Trinajstić information content (AvgIpc) is 2.44. The lowest BCUT2D eigenvalue weighted by Crippen LogP contribution is -2.25. The summed E-state index contributed by atoms with van der Waals surface area (Å²) in [6, 6.07) is 7.22. The van der Waals surface area contributed by atoms with E-state index in [0.717, 1.165) is 22.4 Å². The number of ether oxygens (including phenoxy) is 1. The van der Waals surface area contributed by atoms with Gasteiger partial charge in [-0.15, -0.1) is 0 Å². The first-order chi connectivity index (χ1) is 9.56. The van der Waals surface area contributed by atoms with Crippen LogP contribution in [0.1, 0.15) is 11.1 Å². The molecule has 5 heteroatoms. The third kappa shape index (κ3) is 2.72. The smallest absolute Gasteiger partial charge is 0.266 e. The molecule has 0 unspecified atom stereocenters. The molecule has 0 fully saturated rings. The molecule has 0 amide bonds. The van der Waals surface area contributed by atoms with Crippen LogP contribution in [0.3, 0.4) is 0 Å². The molecule has 0 radical (unpaired) electrons. The van der Waals surface area contributed by atoms with Gasteiger partial charge in [-0.25, -0.2) is 4.68 Å². The Kier molecular flexibility index (Phi) is 4.20. The summed E-state index contributed by atoms with van der Waals surface area (Å²) in [5.74, 6) is 0.749. The molecule has 106 valence electrons. The Morgan fingerprint density at radius 3 is 2.60 bits per heavy atom. The Morgan fingerprint density at radius 1 is 1.25 bits per heavy atom. The standard InChI is InChI=1S/C15H19N3O2/c1-10-8-12(14(20-3)9-11(10)2)13-4-5-15(19)18(17-13)7-6-16/h4-5,8-9H,6-7,16H2,1-3H3. The quantitative estimate of drug-likeness (QED) is 0.916. The third-order valence-electron chi connectivity index (χ3n) is 3.30. The predicted octanol–water partition coefficient (Wildman–Crippen LogP) is 1.49. The Bertz CT molecular complexity index is 677. The van der Waals surface area contributed by atoms with Crippen LogP contribution in [0.4, 0.5) is 0 Å². The summed E-state index contributed by atoms with van der Waals surface area (Å²) in [5, 5.41) is 4.36. The van der Waals surface area contributed by atoms with E-state index in [4.69, 9.17) is 10.5 Å². The van der Waals surface area contributed by atoms with Crippen LogP contribution in [0.25, 0.3) is 11.3 Å². The van der Waals surface area contributed by atoms with Crippen molar-refractivity contribution in [2.75, 3.05) is 13.7 Å². The normalized spacial score (nSPS) is 10.6. The van der Waals surface area contributed by atoms with E-state index in [0.29, 0.717) is 18.8 Å². The van der Waals surface area contributed by atoms with Gasteiger partial charge in [0, 0.05) is 18.2 Å². The molecule has 1 aromatic carbocycles. The molecule has 20 heavy (non-hydrogen) atoms. The molecule has 0 bridgehead atoms. The SMILES string of the molecule is COc1cc(C)c(C)cc1-c1ccc(=O)n(CCN)n1. The fourth-order valence-electron chi connectivity index (χ4n) is 2.03. The van der Waals surface area contributed by atoms with Gasteiger partial charge in [0.2, 0.25) is 0 Å². The lowest BCUT2D eigenvalue weighted by Gasteiger charge is -2.12. The number of hydrogen-bond acceptors (Lipinski definition) is 4. The van der Waals surface area contributed by atoms with E-state index in [9.17, 15) is 4.79 Å². The van der Waals surface area contributed by atoms with Crippen LogP contribution >= 0.6 is 0 Å². The summed E-state index contributed by atoms with van der Waals surface area (Å²) < 4.78 is 6.79. The van der Waals surface area contributed by atoms with Crippen molar-refractivity contribution >= 4 is 0 Å². The van der Waals surface area contributed by atoms with E-state index < -0.39 is 0 Å². The third-order valence-corrected chi connectivity index (χ3v) is 3.30. The monoisotopic (exact) mass is 273 g/mol. The molecule has 2 aromatic rings. The number of hydrogen-bond donors (Lipinski definition) is 1. The maximum atomic E-state index is 11.7. The Hall–Kier alpha value is -2.14. The van der Waals surface area contributed by atoms with Gasteiger partial charge >= 0.3 is 0 Å². The van der Waals surface area contributed by atoms with Crippen molar-refractivity contribution < 1.29 is 4.74 Å². The number of aryl methyl sites for hydroxylation is 2. The van der Waals surface area contributed by atoms with Gasteiger partial charge in [-0.3, -0.25) is 4.79 Å². The minimum Gasteiger partial charge on any atom is -0.496 e. The van der Waals surface area contributed by atoms with E-state index in [1.165, 1.54) is 10.7 Å². The molecule has 2 N–H and O–H groups in total. The van der Waals surface area contributed by atoms with E-state index in [-0.39, 0.29) is 5.56 Å². The van der Waals surface area contributed by atoms with Crippen molar-refractivity contribution in [3.8, 4) is 17.0 Å². The summed E-state index contributed by atoms with van der Waals surface area (Å²) >= 11 is 0. The van der Waals surface area contributed by atoms with Gasteiger partial charge in [0.25, 0.3) is 5.56 Å². The van der Waals surface area contributed by atoms with Gasteiger partial charge in [0.1, 0.15) is 5.75 Å². The molecular formula is C15H19N3O2. The van der Waals surface area contributed by atoms with Crippen LogP contribution in [-0.2, 0) is 6.54 Å². The largest absolute Gasteiger partial charge is 0.496 e. The van der Waals surface area contributed by atoms with Crippen LogP contribution in [-0.4, -0.2) is 23.4 Å². The second-order valence-corrected chi connectivity index (χ2v) is 4.71. The second kappa shape index (κ2) is 5.88. The number of nitrogens with zero attached hydrogens (tertiary/aromatic N) is 2. The zero-order valence-corrected chi connectivity index (χ0v) is 12.0. The van der Waals surface area contributed by atoms with Crippen molar-refractivity contribution in [3.05, 3.63) is 45.7 Å². The average molecular weight is 273 g/mol. The zero-order chi connectivity index (χ0) is 14.7. The minimum atomic E-state index is -0.151. The van der Waals surface area contributed by atoms with Crippen molar-refractivity contribution in [1.29, 1.82) is 0 Å². The summed E-state index contributed by atoms with van der Waals surface area (Å²) in [6.07, 6.45) is 0. The molecule has 5 nitrogen and oxygen atoms in total. The fraction of sp³-hybridized carbons (Fsp3) is 0.333. The van der Waals surface area contributed by atoms with Crippen LogP contribution in [0.2, 0.25) is 0 Å². The minimum absolute atomic E-state index is 0.151. The van der Waals surface area contributed by atoms with Crippen molar-refractivity contribution in [2.24, 2.45) is 5.73 Å². The van der Waals surface area contributed by atoms with Crippen LogP contribution < -0.4 is 16.0 Å². The summed E-state index contributed by atoms with van der Waals surface area (Å²) in [7, 11) is 1.63. The first-order valence-corrected chi connectivity index (χ1v) is 6.50. The lowest BCUT2D eigenvalue weighted by molar-refractivity contribution is 0.415. The number of nitrogens with two attached hydrogens (primary N) is 1. The highest BCUT2D eigenvalue weighted by atomic mass is 16.5. The molecule has 0 aliphatic carbocycles. The van der Waals surface area contributed by atoms with Gasteiger partial charge in [-0.1, -0.05) is 0 Å². The number of methoxy groups -OCH3 is 1. The highest BCUT2D eigenvalue weighted by molar-refractivity contribution is 5.68. The topological polar surface area (TPSA) is 70.1 Å². The first kappa shape index (κ1) is 14.3. The molecule has 0 spiro atoms. The summed E-state index contributed by atoms with van der Waals surface area (Å²) in [5.41, 5.74) is 9.23. The maximum Gasteiger partial charge on any atom is 0.266 e. The van der Waals surface area contributed by atoms with Crippen LogP contribution in [0, 0.1) is 13.8 Å². The number of rotatable bonds is 4. The summed E-state index contributed by atoms with van der Waals surface area (Å²) in [4.78, 5) is 11.7. The molecule has 0 saturated heterocycles. The van der Waals surface area contributed by atoms with Crippen LogP contribution in [0.15, 0.2) is 29.1 Å². The van der Waals surface area contributed by atoms with Gasteiger partial charge in [-0.2, -0.15) is 5.10 Å². The lowest BCUT2D eigenvalue weighted by atomic mass is 10.0. The maximum absolute atomic E-state index is 11.7. The molecule has 1 aromatic heterocycles. The fourth-order valence-corrected chi connectivity index (χ4v) is 2.03.